The van der Waals surface area contributed by atoms with Crippen molar-refractivity contribution in [3.05, 3.63) is 0 Å². The Morgan fingerprint density at radius 1 is 0.973 bits per heavy atom. The molecule has 1 unspecified atom stereocenters. The summed E-state index contributed by atoms with van der Waals surface area (Å²) in [4.78, 5) is 24.2. The van der Waals surface area contributed by atoms with Gasteiger partial charge in [-0.2, -0.15) is 0 Å². The largest absolute Gasteiger partial charge is 0.406 e. The average molecular weight is 549 g/mol. The lowest BCUT2D eigenvalue weighted by molar-refractivity contribution is -0.328. The Hall–Kier alpha value is -1.23. The number of carbonyl (C=O) groups is 2. The monoisotopic (exact) mass is 548 g/mol. The van der Waals surface area contributed by atoms with Crippen molar-refractivity contribution in [2.45, 2.75) is 142 Å². The van der Waals surface area contributed by atoms with Gasteiger partial charge in [0.1, 0.15) is 12.1 Å². The predicted molar refractivity (Wildman–Crippen MR) is 145 cm³/mol. The molecule has 0 bridgehead atoms. The van der Waals surface area contributed by atoms with E-state index in [1.807, 2.05) is 13.8 Å². The van der Waals surface area contributed by atoms with Gasteiger partial charge >= 0.3 is 11.9 Å². The van der Waals surface area contributed by atoms with Crippen molar-refractivity contribution in [3.63, 3.8) is 0 Å². The molecule has 0 spiro atoms. The minimum Gasteiger partial charge on any atom is -0.406 e. The van der Waals surface area contributed by atoms with E-state index in [-0.39, 0.29) is 24.7 Å². The molecule has 1 rings (SSSR count). The third-order valence-corrected chi connectivity index (χ3v) is 8.09. The number of hydrogen-bond acceptors (Lipinski definition) is 7. The fraction of sp³-hybridized carbons (Fsp3) is 0.926. The maximum absolute atomic E-state index is 12.9. The standard InChI is InChI=1S/C27H52N2O7S/c1-5-6-7-8-9-10-11-12-13-14-15-16-17-20-37(33,34)29-24(21-22(2)3)26(31)28-25-18-19-35-27(25,32)36-23(4)30/h22,24-25,29,32H,5-21H2,1-4H3,(H,28,31)/t24?,25-,27-/m0/s1. The van der Waals surface area contributed by atoms with Crippen LogP contribution < -0.4 is 10.0 Å². The van der Waals surface area contributed by atoms with Crippen LogP contribution in [0.25, 0.3) is 0 Å². The molecule has 0 aliphatic carbocycles. The number of sulfonamides is 1. The lowest BCUT2D eigenvalue weighted by Crippen LogP contribution is -2.57. The van der Waals surface area contributed by atoms with E-state index in [0.29, 0.717) is 12.8 Å². The van der Waals surface area contributed by atoms with E-state index < -0.39 is 40.0 Å². The molecule has 1 amide bonds. The Balaban J connectivity index is 2.37. The van der Waals surface area contributed by atoms with E-state index in [2.05, 4.69) is 17.0 Å². The second-order valence-electron chi connectivity index (χ2n) is 10.8. The van der Waals surface area contributed by atoms with E-state index in [0.717, 1.165) is 26.2 Å². The van der Waals surface area contributed by atoms with Crippen LogP contribution in [0.5, 0.6) is 0 Å². The molecule has 1 heterocycles. The molecule has 0 aromatic carbocycles. The van der Waals surface area contributed by atoms with Crippen molar-refractivity contribution in [1.29, 1.82) is 0 Å². The minimum absolute atomic E-state index is 0.0312. The lowest BCUT2D eigenvalue weighted by Gasteiger charge is -2.29. The van der Waals surface area contributed by atoms with Crippen LogP contribution in [0.15, 0.2) is 0 Å². The van der Waals surface area contributed by atoms with Gasteiger partial charge in [-0.1, -0.05) is 97.8 Å². The Morgan fingerprint density at radius 3 is 1.97 bits per heavy atom. The molecule has 0 saturated carbocycles. The number of amides is 1. The highest BCUT2D eigenvalue weighted by Gasteiger charge is 2.48. The van der Waals surface area contributed by atoms with Crippen molar-refractivity contribution in [3.8, 4) is 0 Å². The van der Waals surface area contributed by atoms with Gasteiger partial charge in [-0.05, 0) is 18.8 Å². The highest BCUT2D eigenvalue weighted by atomic mass is 32.2. The summed E-state index contributed by atoms with van der Waals surface area (Å²) in [5.74, 6) is -3.56. The van der Waals surface area contributed by atoms with Crippen LogP contribution >= 0.6 is 0 Å². The number of nitrogens with one attached hydrogen (secondary N) is 2. The van der Waals surface area contributed by atoms with Crippen LogP contribution in [0.4, 0.5) is 0 Å². The van der Waals surface area contributed by atoms with Crippen molar-refractivity contribution in [1.82, 2.24) is 10.0 Å². The lowest BCUT2D eigenvalue weighted by atomic mass is 10.0. The number of esters is 1. The van der Waals surface area contributed by atoms with Crippen molar-refractivity contribution < 1.29 is 32.6 Å². The number of unbranched alkanes of at least 4 members (excludes halogenated alkanes) is 12. The number of ether oxygens (including phenoxy) is 2. The smallest absolute Gasteiger partial charge is 0.348 e. The van der Waals surface area contributed by atoms with Crippen LogP contribution in [0.1, 0.15) is 124 Å². The van der Waals surface area contributed by atoms with E-state index in [9.17, 15) is 23.1 Å². The quantitative estimate of drug-likeness (QED) is 0.109. The molecular formula is C27H52N2O7S. The first-order chi connectivity index (χ1) is 17.5. The molecule has 1 saturated heterocycles. The zero-order valence-electron chi connectivity index (χ0n) is 23.6. The molecule has 1 aliphatic heterocycles. The second kappa shape index (κ2) is 18.1. The third-order valence-electron chi connectivity index (χ3n) is 6.62. The fourth-order valence-electron chi connectivity index (χ4n) is 4.61. The Labute approximate surface area is 224 Å². The highest BCUT2D eigenvalue weighted by molar-refractivity contribution is 7.89. The summed E-state index contributed by atoms with van der Waals surface area (Å²) < 4.78 is 37.9. The van der Waals surface area contributed by atoms with Gasteiger partial charge in [0.05, 0.1) is 12.4 Å². The first-order valence-electron chi connectivity index (χ1n) is 14.4. The van der Waals surface area contributed by atoms with Gasteiger partial charge in [-0.25, -0.2) is 13.1 Å². The Morgan fingerprint density at radius 2 is 1.49 bits per heavy atom. The second-order valence-corrected chi connectivity index (χ2v) is 12.7. The summed E-state index contributed by atoms with van der Waals surface area (Å²) in [5.41, 5.74) is 0. The fourth-order valence-corrected chi connectivity index (χ4v) is 5.95. The number of carbonyl (C=O) groups excluding carboxylic acids is 2. The van der Waals surface area contributed by atoms with Crippen LogP contribution in [0.2, 0.25) is 0 Å². The van der Waals surface area contributed by atoms with Gasteiger partial charge in [0.2, 0.25) is 15.9 Å². The summed E-state index contributed by atoms with van der Waals surface area (Å²) in [5, 5.41) is 13.0. The van der Waals surface area contributed by atoms with E-state index in [1.165, 1.54) is 57.8 Å². The van der Waals surface area contributed by atoms with Gasteiger partial charge in [0.15, 0.2) is 0 Å². The molecule has 218 valence electrons. The van der Waals surface area contributed by atoms with Gasteiger partial charge < -0.3 is 19.9 Å². The topological polar surface area (TPSA) is 131 Å². The van der Waals surface area contributed by atoms with Gasteiger partial charge in [0, 0.05) is 13.3 Å². The summed E-state index contributed by atoms with van der Waals surface area (Å²) in [6.07, 6.45) is 15.8. The van der Waals surface area contributed by atoms with Gasteiger partial charge in [-0.15, -0.1) is 0 Å². The number of hydrogen-bond donors (Lipinski definition) is 3. The molecule has 3 N–H and O–H groups in total. The third kappa shape index (κ3) is 15.1. The van der Waals surface area contributed by atoms with E-state index >= 15 is 0 Å². The van der Waals surface area contributed by atoms with Crippen molar-refractivity contribution >= 4 is 21.9 Å². The zero-order valence-corrected chi connectivity index (χ0v) is 24.4. The molecule has 0 radical (unpaired) electrons. The van der Waals surface area contributed by atoms with Crippen LogP contribution in [-0.4, -0.2) is 55.8 Å². The Kier molecular flexibility index (Phi) is 16.6. The minimum atomic E-state index is -3.66. The molecule has 9 nitrogen and oxygen atoms in total. The normalized spacial score (nSPS) is 20.8. The number of rotatable bonds is 21. The van der Waals surface area contributed by atoms with Crippen molar-refractivity contribution in [2.24, 2.45) is 5.92 Å². The molecular weight excluding hydrogens is 496 g/mol. The van der Waals surface area contributed by atoms with Crippen LogP contribution in [0, 0.1) is 5.92 Å². The van der Waals surface area contributed by atoms with E-state index in [4.69, 9.17) is 9.47 Å². The highest BCUT2D eigenvalue weighted by Crippen LogP contribution is 2.25. The molecule has 3 atom stereocenters. The molecule has 37 heavy (non-hydrogen) atoms. The summed E-state index contributed by atoms with van der Waals surface area (Å²) in [7, 11) is -3.66. The maximum Gasteiger partial charge on any atom is 0.348 e. The average Bonchev–Trinajstić information content (AvgIpc) is 3.14. The summed E-state index contributed by atoms with van der Waals surface area (Å²) in [6, 6.07) is -1.97. The summed E-state index contributed by atoms with van der Waals surface area (Å²) in [6.45, 7) is 7.25. The first-order valence-corrected chi connectivity index (χ1v) is 16.0. The van der Waals surface area contributed by atoms with Crippen molar-refractivity contribution in [2.75, 3.05) is 12.4 Å². The van der Waals surface area contributed by atoms with Gasteiger partial charge in [0.25, 0.3) is 0 Å². The molecule has 0 aromatic rings. The molecule has 1 fully saturated rings. The van der Waals surface area contributed by atoms with Gasteiger partial charge in [-0.3, -0.25) is 9.59 Å². The number of aliphatic hydroxyl groups is 1. The van der Waals surface area contributed by atoms with Crippen LogP contribution in [-0.2, 0) is 29.1 Å². The zero-order chi connectivity index (χ0) is 27.7. The summed E-state index contributed by atoms with van der Waals surface area (Å²) >= 11 is 0. The molecule has 1 aliphatic rings. The predicted octanol–water partition coefficient (Wildman–Crippen LogP) is 4.53. The van der Waals surface area contributed by atoms with Crippen LogP contribution in [0.3, 0.4) is 0 Å². The Bertz CT molecular complexity index is 760. The molecule has 10 heteroatoms. The van der Waals surface area contributed by atoms with E-state index in [1.54, 1.807) is 0 Å². The molecule has 0 aromatic heterocycles. The first kappa shape index (κ1) is 33.8. The maximum atomic E-state index is 12.9. The SMILES string of the molecule is CCCCCCCCCCCCCCCS(=O)(=O)NC(CC(C)C)C(=O)N[C@H]1CCO[C@]1(O)OC(C)=O.